The second-order valence-corrected chi connectivity index (χ2v) is 6.32. The lowest BCUT2D eigenvalue weighted by Crippen LogP contribution is -2.56. The molecule has 0 aliphatic carbocycles. The quantitative estimate of drug-likeness (QED) is 0.879. The number of benzene rings is 1. The fourth-order valence-electron chi connectivity index (χ4n) is 2.38. The lowest BCUT2D eigenvalue weighted by molar-refractivity contribution is 0.145. The van der Waals surface area contributed by atoms with E-state index < -0.39 is 0 Å². The Bertz CT molecular complexity index is 371. The maximum atomic E-state index is 3.35. The molecule has 0 unspecified atom stereocenters. The van der Waals surface area contributed by atoms with Gasteiger partial charge in [-0.05, 0) is 23.1 Å². The van der Waals surface area contributed by atoms with Gasteiger partial charge in [-0.1, -0.05) is 52.0 Å². The Kier molecular flexibility index (Phi) is 4.08. The molecule has 0 bridgehead atoms. The van der Waals surface area contributed by atoms with Crippen LogP contribution in [0.1, 0.15) is 38.8 Å². The summed E-state index contributed by atoms with van der Waals surface area (Å²) in [5, 5.41) is 3.35. The second kappa shape index (κ2) is 5.41. The van der Waals surface area contributed by atoms with Crippen LogP contribution in [0.5, 0.6) is 0 Å². The molecule has 0 spiro atoms. The lowest BCUT2D eigenvalue weighted by Gasteiger charge is -2.37. The molecule has 1 saturated heterocycles. The first kappa shape index (κ1) is 13.6. The Labute approximate surface area is 111 Å². The predicted molar refractivity (Wildman–Crippen MR) is 77.9 cm³/mol. The van der Waals surface area contributed by atoms with E-state index >= 15 is 0 Å². The summed E-state index contributed by atoms with van der Waals surface area (Å²) >= 11 is 0. The highest BCUT2D eigenvalue weighted by molar-refractivity contribution is 5.27. The van der Waals surface area contributed by atoms with Gasteiger partial charge in [0.25, 0.3) is 0 Å². The zero-order valence-corrected chi connectivity index (χ0v) is 12.2. The molecule has 1 aromatic rings. The third kappa shape index (κ3) is 3.12. The maximum absolute atomic E-state index is 3.35. The van der Waals surface area contributed by atoms with Gasteiger partial charge in [-0.15, -0.1) is 0 Å². The average Bonchev–Trinajstić information content (AvgIpc) is 2.25. The van der Waals surface area contributed by atoms with Gasteiger partial charge in [-0.25, -0.2) is 0 Å². The third-order valence-electron chi connectivity index (χ3n) is 3.89. The van der Waals surface area contributed by atoms with Crippen molar-refractivity contribution in [1.29, 1.82) is 0 Å². The van der Waals surface area contributed by atoms with Gasteiger partial charge in [0, 0.05) is 25.7 Å². The van der Waals surface area contributed by atoms with Gasteiger partial charge in [0.1, 0.15) is 0 Å². The lowest BCUT2D eigenvalue weighted by atomic mass is 9.86. The molecule has 1 N–H and O–H groups in total. The minimum Gasteiger partial charge on any atom is -0.314 e. The van der Waals surface area contributed by atoms with E-state index in [-0.39, 0.29) is 5.41 Å². The maximum Gasteiger partial charge on any atom is 0.0348 e. The highest BCUT2D eigenvalue weighted by Crippen LogP contribution is 2.22. The SMILES string of the molecule is CCN(Cc1ccc(C(C)(C)C)cc1)C1CNC1. The molecule has 2 rings (SSSR count). The van der Waals surface area contributed by atoms with E-state index in [0.717, 1.165) is 32.2 Å². The third-order valence-corrected chi connectivity index (χ3v) is 3.89. The standard InChI is InChI=1S/C16H26N2/c1-5-18(15-10-17-11-15)12-13-6-8-14(9-7-13)16(2,3)4/h6-9,15,17H,5,10-12H2,1-4H3. The van der Waals surface area contributed by atoms with Gasteiger partial charge in [-0.3, -0.25) is 4.90 Å². The predicted octanol–water partition coefficient (Wildman–Crippen LogP) is 2.78. The van der Waals surface area contributed by atoms with Crippen LogP contribution >= 0.6 is 0 Å². The van der Waals surface area contributed by atoms with E-state index in [1.165, 1.54) is 11.1 Å². The largest absolute Gasteiger partial charge is 0.314 e. The van der Waals surface area contributed by atoms with E-state index in [9.17, 15) is 0 Å². The van der Waals surface area contributed by atoms with E-state index in [0.29, 0.717) is 0 Å². The molecule has 2 nitrogen and oxygen atoms in total. The average molecular weight is 246 g/mol. The van der Waals surface area contributed by atoms with Gasteiger partial charge < -0.3 is 5.32 Å². The zero-order chi connectivity index (χ0) is 13.2. The van der Waals surface area contributed by atoms with E-state index in [1.807, 2.05) is 0 Å². The fraction of sp³-hybridized carbons (Fsp3) is 0.625. The van der Waals surface area contributed by atoms with Crippen LogP contribution < -0.4 is 5.32 Å². The molecule has 1 aromatic carbocycles. The highest BCUT2D eigenvalue weighted by atomic mass is 15.2. The molecule has 100 valence electrons. The van der Waals surface area contributed by atoms with Crippen LogP contribution in [-0.2, 0) is 12.0 Å². The molecule has 1 aliphatic rings. The van der Waals surface area contributed by atoms with E-state index in [1.54, 1.807) is 0 Å². The summed E-state index contributed by atoms with van der Waals surface area (Å²) in [6.45, 7) is 13.5. The monoisotopic (exact) mass is 246 g/mol. The molecule has 1 fully saturated rings. The highest BCUT2D eigenvalue weighted by Gasteiger charge is 2.23. The summed E-state index contributed by atoms with van der Waals surface area (Å²) < 4.78 is 0. The Morgan fingerprint density at radius 2 is 1.78 bits per heavy atom. The summed E-state index contributed by atoms with van der Waals surface area (Å²) in [6.07, 6.45) is 0. The van der Waals surface area contributed by atoms with Crippen LogP contribution in [0, 0.1) is 0 Å². The van der Waals surface area contributed by atoms with Gasteiger partial charge in [-0.2, -0.15) is 0 Å². The van der Waals surface area contributed by atoms with Gasteiger partial charge in [0.15, 0.2) is 0 Å². The van der Waals surface area contributed by atoms with Crippen molar-refractivity contribution in [2.45, 2.75) is 45.7 Å². The minimum atomic E-state index is 0.251. The number of likely N-dealkylation sites (N-methyl/N-ethyl adjacent to an activating group) is 1. The normalized spacial score (nSPS) is 16.9. The van der Waals surface area contributed by atoms with Crippen molar-refractivity contribution in [2.24, 2.45) is 0 Å². The van der Waals surface area contributed by atoms with Gasteiger partial charge in [0.05, 0.1) is 0 Å². The Morgan fingerprint density at radius 3 is 2.17 bits per heavy atom. The van der Waals surface area contributed by atoms with Crippen LogP contribution in [-0.4, -0.2) is 30.6 Å². The summed E-state index contributed by atoms with van der Waals surface area (Å²) in [5.74, 6) is 0. The van der Waals surface area contributed by atoms with Crippen LogP contribution in [0.25, 0.3) is 0 Å². The Balaban J connectivity index is 2.00. The van der Waals surface area contributed by atoms with Gasteiger partial charge >= 0.3 is 0 Å². The zero-order valence-electron chi connectivity index (χ0n) is 12.2. The van der Waals surface area contributed by atoms with Crippen molar-refractivity contribution < 1.29 is 0 Å². The number of nitrogens with one attached hydrogen (secondary N) is 1. The Hall–Kier alpha value is -0.860. The molecule has 0 saturated carbocycles. The minimum absolute atomic E-state index is 0.251. The van der Waals surface area contributed by atoms with Crippen molar-refractivity contribution >= 4 is 0 Å². The van der Waals surface area contributed by atoms with Crippen molar-refractivity contribution in [3.05, 3.63) is 35.4 Å². The number of hydrogen-bond acceptors (Lipinski definition) is 2. The van der Waals surface area contributed by atoms with Crippen molar-refractivity contribution in [1.82, 2.24) is 10.2 Å². The van der Waals surface area contributed by atoms with Crippen molar-refractivity contribution in [3.8, 4) is 0 Å². The van der Waals surface area contributed by atoms with E-state index in [2.05, 4.69) is 62.2 Å². The van der Waals surface area contributed by atoms with Crippen LogP contribution in [0.3, 0.4) is 0 Å². The van der Waals surface area contributed by atoms with Crippen LogP contribution in [0.4, 0.5) is 0 Å². The molecule has 1 heterocycles. The molecular weight excluding hydrogens is 220 g/mol. The van der Waals surface area contributed by atoms with Gasteiger partial charge in [0.2, 0.25) is 0 Å². The summed E-state index contributed by atoms with van der Waals surface area (Å²) in [5.41, 5.74) is 3.09. The van der Waals surface area contributed by atoms with Crippen molar-refractivity contribution in [2.75, 3.05) is 19.6 Å². The fourth-order valence-corrected chi connectivity index (χ4v) is 2.38. The van der Waals surface area contributed by atoms with Crippen LogP contribution in [0.2, 0.25) is 0 Å². The molecular formula is C16H26N2. The van der Waals surface area contributed by atoms with Crippen LogP contribution in [0.15, 0.2) is 24.3 Å². The molecule has 2 heteroatoms. The smallest absolute Gasteiger partial charge is 0.0348 e. The first-order valence-corrected chi connectivity index (χ1v) is 7.05. The number of rotatable bonds is 4. The second-order valence-electron chi connectivity index (χ2n) is 6.32. The number of hydrogen-bond donors (Lipinski definition) is 1. The van der Waals surface area contributed by atoms with E-state index in [4.69, 9.17) is 0 Å². The summed E-state index contributed by atoms with van der Waals surface area (Å²) in [4.78, 5) is 2.56. The van der Waals surface area contributed by atoms with Crippen molar-refractivity contribution in [3.63, 3.8) is 0 Å². The topological polar surface area (TPSA) is 15.3 Å². The molecule has 18 heavy (non-hydrogen) atoms. The Morgan fingerprint density at radius 1 is 1.17 bits per heavy atom. The molecule has 0 radical (unpaired) electrons. The summed E-state index contributed by atoms with van der Waals surface area (Å²) in [7, 11) is 0. The summed E-state index contributed by atoms with van der Waals surface area (Å²) in [6, 6.07) is 9.87. The molecule has 0 aromatic heterocycles. The number of nitrogens with zero attached hydrogens (tertiary/aromatic N) is 1. The first-order chi connectivity index (χ1) is 8.50. The first-order valence-electron chi connectivity index (χ1n) is 7.05. The molecule has 0 atom stereocenters. The molecule has 1 aliphatic heterocycles. The molecule has 0 amide bonds.